The summed E-state index contributed by atoms with van der Waals surface area (Å²) in [5, 5.41) is 0. The van der Waals surface area contributed by atoms with E-state index < -0.39 is 23.0 Å². The molecule has 0 aliphatic rings. The van der Waals surface area contributed by atoms with Gasteiger partial charge in [0.05, 0.1) is 11.1 Å². The fourth-order valence-electron chi connectivity index (χ4n) is 7.63. The van der Waals surface area contributed by atoms with Crippen LogP contribution < -0.4 is 4.74 Å². The van der Waals surface area contributed by atoms with Gasteiger partial charge in [0, 0.05) is 5.41 Å². The van der Waals surface area contributed by atoms with E-state index in [1.54, 1.807) is 24.3 Å². The van der Waals surface area contributed by atoms with Gasteiger partial charge in [-0.1, -0.05) is 101 Å². The van der Waals surface area contributed by atoms with Crippen LogP contribution in [0.2, 0.25) is 0 Å². The Morgan fingerprint density at radius 2 is 1.08 bits per heavy atom. The molecular weight excluding hydrogens is 592 g/mol. The molecule has 4 nitrogen and oxygen atoms in total. The fourth-order valence-corrected chi connectivity index (χ4v) is 7.63. The number of esters is 2. The molecule has 0 heterocycles. The first-order chi connectivity index (χ1) is 22.5. The highest BCUT2D eigenvalue weighted by Gasteiger charge is 2.34. The summed E-state index contributed by atoms with van der Waals surface area (Å²) < 4.78 is 11.8. The molecule has 0 spiro atoms. The predicted octanol–water partition coefficient (Wildman–Crippen LogP) is 11.3. The van der Waals surface area contributed by atoms with Crippen LogP contribution in [0.15, 0.2) is 78.9 Å². The van der Waals surface area contributed by atoms with Crippen molar-refractivity contribution in [3.8, 4) is 5.75 Å². The maximum Gasteiger partial charge on any atom is 0.343 e. The molecule has 0 radical (unpaired) electrons. The molecule has 4 aromatic rings. The monoisotopic (exact) mass is 646 g/mol. The zero-order valence-electron chi connectivity index (χ0n) is 31.0. The maximum atomic E-state index is 13.5. The third kappa shape index (κ3) is 7.75. The molecule has 0 saturated carbocycles. The molecule has 0 fully saturated rings. The summed E-state index contributed by atoms with van der Waals surface area (Å²) in [5.74, 6) is -0.438. The Kier molecular flexibility index (Phi) is 11.1. The normalized spacial score (nSPS) is 13.1. The SMILES string of the molecule is CCCC(C)(C)OC(=O)c1cccc(C(=O)Oc2c(C)cc(C(C)(c3ccccc3)c3cc(C)c(C(C)(C)CCC)c(C)c3)cc2C)c1. The molecule has 1 atom stereocenters. The summed E-state index contributed by atoms with van der Waals surface area (Å²) in [6.07, 6.45) is 3.92. The Hall–Kier alpha value is -4.18. The van der Waals surface area contributed by atoms with Crippen LogP contribution in [-0.4, -0.2) is 17.5 Å². The Morgan fingerprint density at radius 3 is 1.60 bits per heavy atom. The van der Waals surface area contributed by atoms with E-state index in [9.17, 15) is 9.59 Å². The highest BCUT2D eigenvalue weighted by atomic mass is 16.6. The summed E-state index contributed by atoms with van der Waals surface area (Å²) in [4.78, 5) is 26.4. The first kappa shape index (κ1) is 36.7. The van der Waals surface area contributed by atoms with Crippen molar-refractivity contribution in [2.45, 2.75) is 118 Å². The van der Waals surface area contributed by atoms with Crippen LogP contribution in [0.3, 0.4) is 0 Å². The van der Waals surface area contributed by atoms with Gasteiger partial charge in [0.25, 0.3) is 0 Å². The summed E-state index contributed by atoms with van der Waals surface area (Å²) in [6, 6.07) is 26.2. The van der Waals surface area contributed by atoms with E-state index in [2.05, 4.69) is 103 Å². The van der Waals surface area contributed by atoms with Crippen LogP contribution >= 0.6 is 0 Å². The molecule has 1 unspecified atom stereocenters. The molecule has 0 amide bonds. The van der Waals surface area contributed by atoms with E-state index in [-0.39, 0.29) is 5.41 Å². The van der Waals surface area contributed by atoms with Crippen LogP contribution in [-0.2, 0) is 15.6 Å². The summed E-state index contributed by atoms with van der Waals surface area (Å²) in [7, 11) is 0. The summed E-state index contributed by atoms with van der Waals surface area (Å²) in [5.41, 5.74) is 9.01. The average molecular weight is 647 g/mol. The molecule has 4 heteroatoms. The highest BCUT2D eigenvalue weighted by molar-refractivity contribution is 5.96. The fraction of sp³-hybridized carbons (Fsp3) is 0.409. The number of benzene rings is 4. The zero-order chi connectivity index (χ0) is 35.4. The van der Waals surface area contributed by atoms with Crippen molar-refractivity contribution in [1.29, 1.82) is 0 Å². The Labute approximate surface area is 288 Å². The molecule has 4 rings (SSSR count). The lowest BCUT2D eigenvalue weighted by Crippen LogP contribution is -2.28. The number of hydrogen-bond donors (Lipinski definition) is 0. The largest absolute Gasteiger partial charge is 0.456 e. The van der Waals surface area contributed by atoms with Gasteiger partial charge in [-0.15, -0.1) is 0 Å². The van der Waals surface area contributed by atoms with Crippen molar-refractivity contribution in [2.24, 2.45) is 0 Å². The van der Waals surface area contributed by atoms with Gasteiger partial charge in [-0.2, -0.15) is 0 Å². The van der Waals surface area contributed by atoms with E-state index >= 15 is 0 Å². The Morgan fingerprint density at radius 1 is 0.583 bits per heavy atom. The number of hydrogen-bond acceptors (Lipinski definition) is 4. The van der Waals surface area contributed by atoms with E-state index in [4.69, 9.17) is 9.47 Å². The van der Waals surface area contributed by atoms with Crippen molar-refractivity contribution < 1.29 is 19.1 Å². The van der Waals surface area contributed by atoms with Crippen molar-refractivity contribution in [3.05, 3.63) is 134 Å². The van der Waals surface area contributed by atoms with Gasteiger partial charge in [0.15, 0.2) is 0 Å². The maximum absolute atomic E-state index is 13.5. The van der Waals surface area contributed by atoms with Crippen LogP contribution in [0.1, 0.15) is 139 Å². The van der Waals surface area contributed by atoms with Crippen LogP contribution in [0, 0.1) is 27.7 Å². The number of carbonyl (C=O) groups is 2. The lowest BCUT2D eigenvalue weighted by molar-refractivity contribution is -0.00473. The minimum atomic E-state index is -0.586. The highest BCUT2D eigenvalue weighted by Crippen LogP contribution is 2.44. The summed E-state index contributed by atoms with van der Waals surface area (Å²) in [6.45, 7) is 23.6. The van der Waals surface area contributed by atoms with Gasteiger partial charge >= 0.3 is 11.9 Å². The molecule has 0 aliphatic carbocycles. The van der Waals surface area contributed by atoms with Gasteiger partial charge in [0.1, 0.15) is 11.4 Å². The standard InChI is InChI=1S/C44H54O4/c1-12-22-42(7,8)38-29(3)24-36(25-30(38)4)44(11,35-20-15-14-16-21-35)37-26-31(5)39(32(6)27-37)47-40(45)33-18-17-19-34(28-33)41(46)48-43(9,10)23-13-2/h14-21,24-28H,12-13,22-23H2,1-11H3. The molecule has 48 heavy (non-hydrogen) atoms. The molecule has 0 N–H and O–H groups in total. The van der Waals surface area contributed by atoms with E-state index in [0.29, 0.717) is 16.9 Å². The number of ether oxygens (including phenoxy) is 2. The third-order valence-electron chi connectivity index (χ3n) is 9.80. The number of aryl methyl sites for hydroxylation is 4. The van der Waals surface area contributed by atoms with Crippen molar-refractivity contribution >= 4 is 11.9 Å². The lowest BCUT2D eigenvalue weighted by atomic mass is 9.68. The lowest BCUT2D eigenvalue weighted by Gasteiger charge is -2.36. The predicted molar refractivity (Wildman–Crippen MR) is 198 cm³/mol. The van der Waals surface area contributed by atoms with Crippen molar-refractivity contribution in [1.82, 2.24) is 0 Å². The van der Waals surface area contributed by atoms with Crippen molar-refractivity contribution in [2.75, 3.05) is 0 Å². The second kappa shape index (κ2) is 14.5. The molecule has 0 bridgehead atoms. The second-order valence-electron chi connectivity index (χ2n) is 14.9. The Balaban J connectivity index is 1.72. The topological polar surface area (TPSA) is 52.6 Å². The zero-order valence-corrected chi connectivity index (χ0v) is 31.0. The second-order valence-corrected chi connectivity index (χ2v) is 14.9. The number of rotatable bonds is 12. The Bertz CT molecular complexity index is 1730. The molecule has 254 valence electrons. The smallest absolute Gasteiger partial charge is 0.343 e. The van der Waals surface area contributed by atoms with Crippen LogP contribution in [0.5, 0.6) is 5.75 Å². The van der Waals surface area contributed by atoms with Crippen molar-refractivity contribution in [3.63, 3.8) is 0 Å². The van der Waals surface area contributed by atoms with Gasteiger partial charge in [0.2, 0.25) is 0 Å². The first-order valence-electron chi connectivity index (χ1n) is 17.4. The van der Waals surface area contributed by atoms with Gasteiger partial charge in [-0.05, 0) is 129 Å². The quantitative estimate of drug-likeness (QED) is 0.0873. The van der Waals surface area contributed by atoms with Gasteiger partial charge in [-0.3, -0.25) is 0 Å². The molecule has 4 aromatic carbocycles. The van der Waals surface area contributed by atoms with E-state index in [0.717, 1.165) is 42.4 Å². The molecule has 0 aliphatic heterocycles. The minimum Gasteiger partial charge on any atom is -0.456 e. The van der Waals surface area contributed by atoms with Gasteiger partial charge in [-0.25, -0.2) is 9.59 Å². The third-order valence-corrected chi connectivity index (χ3v) is 9.80. The molecule has 0 aromatic heterocycles. The first-order valence-corrected chi connectivity index (χ1v) is 17.4. The average Bonchev–Trinajstić information content (AvgIpc) is 3.01. The minimum absolute atomic E-state index is 0.0920. The molecule has 0 saturated heterocycles. The van der Waals surface area contributed by atoms with E-state index in [1.807, 2.05) is 27.7 Å². The van der Waals surface area contributed by atoms with Crippen LogP contribution in [0.4, 0.5) is 0 Å². The molecular formula is C44H54O4. The number of carbonyl (C=O) groups excluding carboxylic acids is 2. The van der Waals surface area contributed by atoms with Gasteiger partial charge < -0.3 is 9.47 Å². The summed E-state index contributed by atoms with van der Waals surface area (Å²) >= 11 is 0. The van der Waals surface area contributed by atoms with Crippen LogP contribution in [0.25, 0.3) is 0 Å². The van der Waals surface area contributed by atoms with E-state index in [1.165, 1.54) is 27.8 Å².